The lowest BCUT2D eigenvalue weighted by atomic mass is 10.3. The Balaban J connectivity index is 2.54. The van der Waals surface area contributed by atoms with Crippen LogP contribution in [0.1, 0.15) is 0 Å². The van der Waals surface area contributed by atoms with Gasteiger partial charge in [-0.05, 0) is 5.41 Å². The molecule has 0 aromatic rings. The Morgan fingerprint density at radius 1 is 1.67 bits per heavy atom. The number of hydrogen-bond acceptors (Lipinski definition) is 2. The van der Waals surface area contributed by atoms with E-state index in [0.717, 1.165) is 0 Å². The van der Waals surface area contributed by atoms with Gasteiger partial charge in [0.05, 0.1) is 0 Å². The number of halogens is 1. The number of hydrogen-bond donors (Lipinski definition) is 0. The molecule has 50 valence electrons. The second-order valence-electron chi connectivity index (χ2n) is 1.67. The summed E-state index contributed by atoms with van der Waals surface area (Å²) in [7, 11) is 3.67. The predicted octanol–water partition coefficient (Wildman–Crippen LogP) is 3.25. The maximum Gasteiger partial charge on any atom is 0.0485 e. The van der Waals surface area contributed by atoms with Crippen molar-refractivity contribution in [2.24, 2.45) is 0 Å². The molecule has 1 heterocycles. The van der Waals surface area contributed by atoms with E-state index in [1.54, 1.807) is 10.8 Å². The van der Waals surface area contributed by atoms with Crippen LogP contribution in [0, 0.1) is 0 Å². The van der Waals surface area contributed by atoms with Crippen molar-refractivity contribution in [3.63, 3.8) is 0 Å². The summed E-state index contributed by atoms with van der Waals surface area (Å²) in [5, 5.41) is 2.74. The Labute approximate surface area is 77.1 Å². The van der Waals surface area contributed by atoms with Crippen molar-refractivity contribution in [1.82, 2.24) is 0 Å². The first kappa shape index (κ1) is 8.01. The molecule has 0 aliphatic carbocycles. The molecule has 1 aliphatic heterocycles. The minimum absolute atomic E-state index is 0.598. The van der Waals surface area contributed by atoms with Gasteiger partial charge in [0.1, 0.15) is 0 Å². The molecule has 3 heteroatoms. The van der Waals surface area contributed by atoms with Crippen LogP contribution < -0.4 is 0 Å². The Morgan fingerprint density at radius 3 is 2.89 bits per heavy atom. The average molecular weight is 270 g/mol. The molecule has 9 heavy (non-hydrogen) atoms. The van der Waals surface area contributed by atoms with E-state index >= 15 is 0 Å². The van der Waals surface area contributed by atoms with E-state index in [1.807, 2.05) is 16.9 Å². The predicted molar refractivity (Wildman–Crippen MR) is 56.1 cm³/mol. The fourth-order valence-corrected chi connectivity index (χ4v) is 4.42. The van der Waals surface area contributed by atoms with Crippen LogP contribution in [-0.4, -0.2) is 9.17 Å². The fraction of sp³-hybridized carbons (Fsp3) is 0.333. The zero-order valence-corrected chi connectivity index (χ0v) is 8.58. The van der Waals surface area contributed by atoms with Gasteiger partial charge >= 0.3 is 0 Å². The molecule has 0 spiro atoms. The Kier molecular flexibility index (Phi) is 3.50. The summed E-state index contributed by atoms with van der Waals surface area (Å²) in [6.07, 6.45) is 4.23. The topological polar surface area (TPSA) is 0 Å². The maximum atomic E-state index is 3.76. The molecule has 0 saturated carbocycles. The minimum Gasteiger partial charge on any atom is -0.102 e. The minimum atomic E-state index is 0.598. The Bertz CT molecular complexity index is 133. The average Bonchev–Trinajstić information content (AvgIpc) is 1.89. The van der Waals surface area contributed by atoms with E-state index in [9.17, 15) is 0 Å². The number of allylic oxidation sites excluding steroid dienone is 1. The van der Waals surface area contributed by atoms with Crippen molar-refractivity contribution in [3.05, 3.63) is 24.1 Å². The van der Waals surface area contributed by atoms with Gasteiger partial charge in [-0.3, -0.25) is 0 Å². The molecule has 0 N–H and O–H groups in total. The first-order chi connectivity index (χ1) is 4.34. The highest BCUT2D eigenvalue weighted by molar-refractivity contribution is 14.1. The van der Waals surface area contributed by atoms with E-state index in [-0.39, 0.29) is 0 Å². The molecule has 2 atom stereocenters. The second kappa shape index (κ2) is 3.93. The van der Waals surface area contributed by atoms with Gasteiger partial charge in [0.2, 0.25) is 0 Å². The van der Waals surface area contributed by atoms with E-state index in [0.29, 0.717) is 9.17 Å². The van der Waals surface area contributed by atoms with Gasteiger partial charge in [-0.25, -0.2) is 0 Å². The van der Waals surface area contributed by atoms with Gasteiger partial charge in [0.15, 0.2) is 0 Å². The van der Waals surface area contributed by atoms with Crippen LogP contribution in [0.4, 0.5) is 0 Å². The van der Waals surface area contributed by atoms with Crippen molar-refractivity contribution in [2.75, 3.05) is 0 Å². The fourth-order valence-electron chi connectivity index (χ4n) is 0.535. The van der Waals surface area contributed by atoms with E-state index in [1.165, 1.54) is 0 Å². The lowest BCUT2D eigenvalue weighted by Crippen LogP contribution is -2.11. The molecular formula is C6H7IS2. The molecule has 0 fully saturated rings. The van der Waals surface area contributed by atoms with E-state index < -0.39 is 0 Å². The number of rotatable bonds is 1. The lowest BCUT2D eigenvalue weighted by Gasteiger charge is -2.17. The summed E-state index contributed by atoms with van der Waals surface area (Å²) in [6.45, 7) is 3.76. The van der Waals surface area contributed by atoms with Crippen LogP contribution in [0.3, 0.4) is 0 Å². The first-order valence-electron chi connectivity index (χ1n) is 2.60. The third-order valence-corrected chi connectivity index (χ3v) is 5.13. The molecule has 0 aromatic carbocycles. The number of alkyl halides is 1. The van der Waals surface area contributed by atoms with Crippen LogP contribution in [0.2, 0.25) is 0 Å². The highest BCUT2D eigenvalue weighted by Gasteiger charge is 2.15. The van der Waals surface area contributed by atoms with Crippen LogP contribution in [0.25, 0.3) is 0 Å². The molecule has 0 nitrogen and oxygen atoms in total. The first-order valence-corrected chi connectivity index (χ1v) is 6.12. The van der Waals surface area contributed by atoms with E-state index in [4.69, 9.17) is 0 Å². The summed E-state index contributed by atoms with van der Waals surface area (Å²) in [5.41, 5.74) is 0. The third kappa shape index (κ3) is 2.20. The van der Waals surface area contributed by atoms with E-state index in [2.05, 4.69) is 40.7 Å². The summed E-state index contributed by atoms with van der Waals surface area (Å²) in [5.74, 6) is 0. The quantitative estimate of drug-likeness (QED) is 0.310. The zero-order chi connectivity index (χ0) is 6.69. The summed E-state index contributed by atoms with van der Waals surface area (Å²) in [6, 6.07) is 0. The third-order valence-electron chi connectivity index (χ3n) is 1.03. The monoisotopic (exact) mass is 270 g/mol. The van der Waals surface area contributed by atoms with Crippen molar-refractivity contribution >= 4 is 44.2 Å². The van der Waals surface area contributed by atoms with Gasteiger partial charge in [-0.2, -0.15) is 0 Å². The normalized spacial score (nSPS) is 34.3. The standard InChI is InChI=1S/C6H7IS2/c1-2-6-5(7)3-4-8-9-6/h2-6H,1H2. The smallest absolute Gasteiger partial charge is 0.0485 e. The molecule has 1 rings (SSSR count). The molecule has 0 bridgehead atoms. The van der Waals surface area contributed by atoms with Gasteiger partial charge in [0.25, 0.3) is 0 Å². The zero-order valence-electron chi connectivity index (χ0n) is 4.79. The van der Waals surface area contributed by atoms with Gasteiger partial charge < -0.3 is 0 Å². The Hall–Kier alpha value is 0.910. The van der Waals surface area contributed by atoms with Crippen LogP contribution >= 0.6 is 44.2 Å². The highest BCUT2D eigenvalue weighted by Crippen LogP contribution is 2.38. The summed E-state index contributed by atoms with van der Waals surface area (Å²) in [4.78, 5) is 0. The van der Waals surface area contributed by atoms with Crippen LogP contribution in [-0.2, 0) is 0 Å². The van der Waals surface area contributed by atoms with Crippen molar-refractivity contribution in [3.8, 4) is 0 Å². The molecule has 1 aliphatic rings. The largest absolute Gasteiger partial charge is 0.102 e. The van der Waals surface area contributed by atoms with Gasteiger partial charge in [-0.15, -0.1) is 6.58 Å². The van der Waals surface area contributed by atoms with Crippen molar-refractivity contribution in [1.29, 1.82) is 0 Å². The molecule has 0 radical (unpaired) electrons. The lowest BCUT2D eigenvalue weighted by molar-refractivity contribution is 1.14. The maximum absolute atomic E-state index is 3.76. The van der Waals surface area contributed by atoms with Crippen molar-refractivity contribution < 1.29 is 0 Å². The SMILES string of the molecule is C=CC1SSC=CC1I. The highest BCUT2D eigenvalue weighted by atomic mass is 127. The molecule has 0 saturated heterocycles. The van der Waals surface area contributed by atoms with Crippen LogP contribution in [0.5, 0.6) is 0 Å². The van der Waals surface area contributed by atoms with Crippen molar-refractivity contribution in [2.45, 2.75) is 9.17 Å². The molecule has 0 aromatic heterocycles. The van der Waals surface area contributed by atoms with Gasteiger partial charge in [0, 0.05) is 9.17 Å². The molecule has 2 unspecified atom stereocenters. The molecule has 0 amide bonds. The van der Waals surface area contributed by atoms with Crippen LogP contribution in [0.15, 0.2) is 24.1 Å². The Morgan fingerprint density at radius 2 is 2.44 bits per heavy atom. The second-order valence-corrected chi connectivity index (χ2v) is 5.46. The van der Waals surface area contributed by atoms with Gasteiger partial charge in [-0.1, -0.05) is 56.3 Å². The molecular weight excluding hydrogens is 263 g/mol. The summed E-state index contributed by atoms with van der Waals surface area (Å²) < 4.78 is 0.631. The summed E-state index contributed by atoms with van der Waals surface area (Å²) >= 11 is 2.43.